The number of hydrogen-bond donors (Lipinski definition) is 0. The summed E-state index contributed by atoms with van der Waals surface area (Å²) in [4.78, 5) is 23.8. The van der Waals surface area contributed by atoms with Gasteiger partial charge in [0.1, 0.15) is 11.9 Å². The first-order chi connectivity index (χ1) is 8.44. The molecule has 2 aliphatic carbocycles. The van der Waals surface area contributed by atoms with Crippen molar-refractivity contribution in [2.24, 2.45) is 29.1 Å². The number of rotatable bonds is 0. The lowest BCUT2D eigenvalue weighted by molar-refractivity contribution is -0.158. The Hall–Kier alpha value is -0.860. The Labute approximate surface area is 108 Å². The molecule has 3 heteroatoms. The highest BCUT2D eigenvalue weighted by molar-refractivity contribution is 5.82. The maximum Gasteiger partial charge on any atom is 0.309 e. The second-order valence-electron chi connectivity index (χ2n) is 6.83. The standard InChI is InChI=1S/C15H22O3/c1-8-10-4-6-15(3)7-5-11(16)9(2)12(15)13(10)18-14(8)17/h8-10,12-13H,4-7H2,1-3H3/t8-,9+,10-,12-,13-,15-/m0/s1. The smallest absolute Gasteiger partial charge is 0.309 e. The Balaban J connectivity index is 1.96. The Morgan fingerprint density at radius 3 is 2.61 bits per heavy atom. The minimum atomic E-state index is -0.0560. The zero-order valence-electron chi connectivity index (χ0n) is 11.4. The molecule has 0 N–H and O–H groups in total. The van der Waals surface area contributed by atoms with Crippen LogP contribution in [0.2, 0.25) is 0 Å². The summed E-state index contributed by atoms with van der Waals surface area (Å²) < 4.78 is 5.64. The number of Topliss-reactive ketones (excluding diaryl/α,β-unsaturated/α-hetero) is 1. The first-order valence-corrected chi connectivity index (χ1v) is 7.17. The number of ether oxygens (including phenoxy) is 1. The molecule has 0 aromatic rings. The van der Waals surface area contributed by atoms with Crippen molar-refractivity contribution in [3.8, 4) is 0 Å². The molecular weight excluding hydrogens is 228 g/mol. The fraction of sp³-hybridized carbons (Fsp3) is 0.867. The predicted molar refractivity (Wildman–Crippen MR) is 66.8 cm³/mol. The number of fused-ring (bicyclic) bond motifs is 3. The minimum Gasteiger partial charge on any atom is -0.461 e. The van der Waals surface area contributed by atoms with E-state index in [1.807, 2.05) is 13.8 Å². The molecule has 0 radical (unpaired) electrons. The van der Waals surface area contributed by atoms with E-state index >= 15 is 0 Å². The topological polar surface area (TPSA) is 43.4 Å². The van der Waals surface area contributed by atoms with Gasteiger partial charge in [-0.1, -0.05) is 20.8 Å². The lowest BCUT2D eigenvalue weighted by Gasteiger charge is -2.51. The Bertz CT molecular complexity index is 403. The highest BCUT2D eigenvalue weighted by atomic mass is 16.6. The molecule has 0 aromatic carbocycles. The normalized spacial score (nSPS) is 51.6. The molecule has 0 aromatic heterocycles. The van der Waals surface area contributed by atoms with Crippen LogP contribution in [0.4, 0.5) is 0 Å². The monoisotopic (exact) mass is 250 g/mol. The lowest BCUT2D eigenvalue weighted by atomic mass is 9.53. The van der Waals surface area contributed by atoms with Crippen LogP contribution in [0, 0.1) is 29.1 Å². The van der Waals surface area contributed by atoms with Crippen molar-refractivity contribution < 1.29 is 14.3 Å². The van der Waals surface area contributed by atoms with Crippen molar-refractivity contribution >= 4 is 11.8 Å². The summed E-state index contributed by atoms with van der Waals surface area (Å²) in [5, 5.41) is 0. The van der Waals surface area contributed by atoms with Crippen LogP contribution in [-0.4, -0.2) is 17.9 Å². The van der Waals surface area contributed by atoms with Crippen LogP contribution in [0.3, 0.4) is 0 Å². The molecule has 100 valence electrons. The van der Waals surface area contributed by atoms with E-state index in [9.17, 15) is 9.59 Å². The summed E-state index contributed by atoms with van der Waals surface area (Å²) in [6, 6.07) is 0. The van der Waals surface area contributed by atoms with Gasteiger partial charge in [-0.25, -0.2) is 0 Å². The van der Waals surface area contributed by atoms with E-state index < -0.39 is 0 Å². The fourth-order valence-corrected chi connectivity index (χ4v) is 4.62. The van der Waals surface area contributed by atoms with Crippen LogP contribution in [0.25, 0.3) is 0 Å². The van der Waals surface area contributed by atoms with Gasteiger partial charge in [-0.3, -0.25) is 9.59 Å². The predicted octanol–water partition coefficient (Wildman–Crippen LogP) is 2.58. The van der Waals surface area contributed by atoms with E-state index in [4.69, 9.17) is 4.74 Å². The van der Waals surface area contributed by atoms with Crippen molar-refractivity contribution in [3.05, 3.63) is 0 Å². The van der Waals surface area contributed by atoms with Gasteiger partial charge in [-0.2, -0.15) is 0 Å². The van der Waals surface area contributed by atoms with Crippen LogP contribution in [0.5, 0.6) is 0 Å². The van der Waals surface area contributed by atoms with Crippen molar-refractivity contribution in [2.45, 2.75) is 52.6 Å². The van der Waals surface area contributed by atoms with E-state index in [1.54, 1.807) is 0 Å². The first-order valence-electron chi connectivity index (χ1n) is 7.17. The van der Waals surface area contributed by atoms with Crippen LogP contribution >= 0.6 is 0 Å². The van der Waals surface area contributed by atoms with Crippen molar-refractivity contribution in [1.82, 2.24) is 0 Å². The van der Waals surface area contributed by atoms with Gasteiger partial charge in [-0.05, 0) is 24.7 Å². The highest BCUT2D eigenvalue weighted by Crippen LogP contribution is 2.56. The fourth-order valence-electron chi connectivity index (χ4n) is 4.62. The summed E-state index contributed by atoms with van der Waals surface area (Å²) >= 11 is 0. The summed E-state index contributed by atoms with van der Waals surface area (Å²) in [6.45, 7) is 6.29. The number of carbonyl (C=O) groups is 2. The van der Waals surface area contributed by atoms with Crippen LogP contribution in [0.1, 0.15) is 46.5 Å². The molecule has 2 saturated carbocycles. The van der Waals surface area contributed by atoms with Crippen LogP contribution in [-0.2, 0) is 14.3 Å². The summed E-state index contributed by atoms with van der Waals surface area (Å²) in [7, 11) is 0. The van der Waals surface area contributed by atoms with Gasteiger partial charge >= 0.3 is 5.97 Å². The Morgan fingerprint density at radius 2 is 1.89 bits per heavy atom. The van der Waals surface area contributed by atoms with E-state index in [2.05, 4.69) is 6.92 Å². The largest absolute Gasteiger partial charge is 0.461 e. The molecule has 0 amide bonds. The molecule has 0 spiro atoms. The molecule has 3 fully saturated rings. The first kappa shape index (κ1) is 12.2. The van der Waals surface area contributed by atoms with E-state index in [0.717, 1.165) is 19.3 Å². The number of ketones is 1. The van der Waals surface area contributed by atoms with Gasteiger partial charge in [0.2, 0.25) is 0 Å². The zero-order valence-corrected chi connectivity index (χ0v) is 11.4. The van der Waals surface area contributed by atoms with Crippen molar-refractivity contribution in [3.63, 3.8) is 0 Å². The average molecular weight is 250 g/mol. The van der Waals surface area contributed by atoms with Crippen LogP contribution in [0.15, 0.2) is 0 Å². The van der Waals surface area contributed by atoms with Gasteiger partial charge in [0.25, 0.3) is 0 Å². The summed E-state index contributed by atoms with van der Waals surface area (Å²) in [5.74, 6) is 0.946. The molecule has 18 heavy (non-hydrogen) atoms. The van der Waals surface area contributed by atoms with Gasteiger partial charge in [-0.15, -0.1) is 0 Å². The molecule has 1 heterocycles. The highest BCUT2D eigenvalue weighted by Gasteiger charge is 2.58. The minimum absolute atomic E-state index is 0.00880. The SMILES string of the molecule is C[C@@H]1C(=O)O[C@H]2[C@H]1CC[C@@]1(C)CCC(=O)[C@@H](C)[C@@H]21. The third kappa shape index (κ3) is 1.49. The number of hydrogen-bond acceptors (Lipinski definition) is 3. The van der Waals surface area contributed by atoms with Crippen molar-refractivity contribution in [2.75, 3.05) is 0 Å². The molecule has 1 aliphatic heterocycles. The average Bonchev–Trinajstić information content (AvgIpc) is 2.60. The third-order valence-corrected chi connectivity index (χ3v) is 5.88. The number of carbonyl (C=O) groups excluding carboxylic acids is 2. The van der Waals surface area contributed by atoms with Gasteiger partial charge in [0.05, 0.1) is 5.92 Å². The molecule has 3 rings (SSSR count). The van der Waals surface area contributed by atoms with E-state index in [-0.39, 0.29) is 35.2 Å². The molecule has 6 atom stereocenters. The maximum atomic E-state index is 12.0. The molecule has 3 aliphatic rings. The van der Waals surface area contributed by atoms with Crippen LogP contribution < -0.4 is 0 Å². The van der Waals surface area contributed by atoms with Gasteiger partial charge in [0.15, 0.2) is 0 Å². The van der Waals surface area contributed by atoms with Gasteiger partial charge < -0.3 is 4.74 Å². The van der Waals surface area contributed by atoms with Gasteiger partial charge in [0, 0.05) is 24.2 Å². The third-order valence-electron chi connectivity index (χ3n) is 5.88. The molecule has 0 unspecified atom stereocenters. The van der Waals surface area contributed by atoms with E-state index in [1.165, 1.54) is 0 Å². The second-order valence-corrected chi connectivity index (χ2v) is 6.83. The molecular formula is C15H22O3. The quantitative estimate of drug-likeness (QED) is 0.621. The maximum absolute atomic E-state index is 12.0. The summed E-state index contributed by atoms with van der Waals surface area (Å²) in [6.07, 6.45) is 3.87. The Morgan fingerprint density at radius 1 is 1.17 bits per heavy atom. The molecule has 0 bridgehead atoms. The summed E-state index contributed by atoms with van der Waals surface area (Å²) in [5.41, 5.74) is 0.193. The van der Waals surface area contributed by atoms with Crippen molar-refractivity contribution in [1.29, 1.82) is 0 Å². The molecule has 1 saturated heterocycles. The molecule has 3 nitrogen and oxygen atoms in total. The lowest BCUT2D eigenvalue weighted by Crippen LogP contribution is -2.52. The number of esters is 1. The van der Waals surface area contributed by atoms with E-state index in [0.29, 0.717) is 18.1 Å². The second kappa shape index (κ2) is 3.82. The zero-order chi connectivity index (χ0) is 13.1. The Kier molecular flexibility index (Phi) is 2.58.